The maximum atomic E-state index is 9.60. The lowest BCUT2D eigenvalue weighted by Gasteiger charge is -2.39. The van der Waals surface area contributed by atoms with E-state index in [1.807, 2.05) is 12.2 Å². The van der Waals surface area contributed by atoms with Crippen molar-refractivity contribution in [3.05, 3.63) is 24.3 Å². The Labute approximate surface area is 111 Å². The molecule has 0 aliphatic heterocycles. The smallest absolute Gasteiger partial charge is 0.0774 e. The van der Waals surface area contributed by atoms with E-state index in [9.17, 15) is 10.2 Å². The number of allylic oxidation sites excluding steroid dienone is 3. The molecule has 0 radical (unpaired) electrons. The van der Waals surface area contributed by atoms with Gasteiger partial charge in [-0.25, -0.2) is 0 Å². The minimum atomic E-state index is -0.760. The fourth-order valence-electron chi connectivity index (χ4n) is 2.80. The molecule has 0 aromatic heterocycles. The molecule has 0 bridgehead atoms. The van der Waals surface area contributed by atoms with Gasteiger partial charge in [-0.3, -0.25) is 0 Å². The van der Waals surface area contributed by atoms with Gasteiger partial charge in [0.15, 0.2) is 0 Å². The number of aliphatic hydroxyl groups is 2. The van der Waals surface area contributed by atoms with Gasteiger partial charge in [-0.15, -0.1) is 0 Å². The van der Waals surface area contributed by atoms with Crippen molar-refractivity contribution >= 4 is 0 Å². The highest BCUT2D eigenvalue weighted by Gasteiger charge is 2.49. The number of hydrogen-bond acceptors (Lipinski definition) is 2. The summed E-state index contributed by atoms with van der Waals surface area (Å²) < 4.78 is 0. The fourth-order valence-corrected chi connectivity index (χ4v) is 2.80. The average molecular weight is 252 g/mol. The number of rotatable bonds is 4. The molecule has 1 fully saturated rings. The largest absolute Gasteiger partial charge is 0.396 e. The van der Waals surface area contributed by atoms with Gasteiger partial charge in [-0.2, -0.15) is 0 Å². The summed E-state index contributed by atoms with van der Waals surface area (Å²) in [6.45, 7) is 10.5. The molecule has 0 aromatic rings. The molecule has 1 rings (SSSR count). The Bertz CT molecular complexity index is 333. The zero-order valence-electron chi connectivity index (χ0n) is 12.4. The molecular formula is C16H28O2. The molecule has 2 heteroatoms. The van der Waals surface area contributed by atoms with Gasteiger partial charge in [0.25, 0.3) is 0 Å². The summed E-state index contributed by atoms with van der Waals surface area (Å²) in [7, 11) is 0. The maximum Gasteiger partial charge on any atom is 0.0774 e. The zero-order chi connectivity index (χ0) is 14.0. The summed E-state index contributed by atoms with van der Waals surface area (Å²) in [5.74, 6) is 0.380. The van der Waals surface area contributed by atoms with Crippen molar-refractivity contribution in [3.63, 3.8) is 0 Å². The monoisotopic (exact) mass is 252 g/mol. The molecule has 0 amide bonds. The molecule has 0 saturated heterocycles. The predicted molar refractivity (Wildman–Crippen MR) is 76.3 cm³/mol. The number of aliphatic hydroxyl groups excluding tert-OH is 1. The van der Waals surface area contributed by atoms with Gasteiger partial charge < -0.3 is 10.2 Å². The Balaban J connectivity index is 2.78. The Kier molecular flexibility index (Phi) is 4.45. The molecule has 0 heterocycles. The lowest BCUT2D eigenvalue weighted by Crippen LogP contribution is -2.34. The summed E-state index contributed by atoms with van der Waals surface area (Å²) in [5.41, 5.74) is -0.533. The molecule has 1 saturated carbocycles. The first-order valence-electron chi connectivity index (χ1n) is 6.83. The van der Waals surface area contributed by atoms with Gasteiger partial charge in [-0.1, -0.05) is 45.1 Å². The SMILES string of the molecule is CC(C)(O)/C=C/C=C/C1(C)CCC(CO)C1(C)C. The predicted octanol–water partition coefficient (Wildman–Crippen LogP) is 3.30. The molecule has 0 spiro atoms. The van der Waals surface area contributed by atoms with E-state index in [1.165, 1.54) is 0 Å². The minimum absolute atomic E-state index is 0.112. The summed E-state index contributed by atoms with van der Waals surface area (Å²) in [6.07, 6.45) is 10.1. The normalized spacial score (nSPS) is 32.7. The van der Waals surface area contributed by atoms with Crippen LogP contribution in [0.2, 0.25) is 0 Å². The van der Waals surface area contributed by atoms with Crippen LogP contribution in [-0.4, -0.2) is 22.4 Å². The van der Waals surface area contributed by atoms with Crippen molar-refractivity contribution in [1.29, 1.82) is 0 Å². The molecule has 18 heavy (non-hydrogen) atoms. The van der Waals surface area contributed by atoms with Crippen molar-refractivity contribution in [2.75, 3.05) is 6.61 Å². The van der Waals surface area contributed by atoms with Crippen LogP contribution in [0.4, 0.5) is 0 Å². The summed E-state index contributed by atoms with van der Waals surface area (Å²) in [5, 5.41) is 19.0. The molecule has 2 unspecified atom stereocenters. The molecule has 0 aromatic carbocycles. The molecule has 2 nitrogen and oxygen atoms in total. The van der Waals surface area contributed by atoms with E-state index in [2.05, 4.69) is 26.8 Å². The summed E-state index contributed by atoms with van der Waals surface area (Å²) in [4.78, 5) is 0. The van der Waals surface area contributed by atoms with Gasteiger partial charge >= 0.3 is 0 Å². The van der Waals surface area contributed by atoms with E-state index in [4.69, 9.17) is 0 Å². The zero-order valence-corrected chi connectivity index (χ0v) is 12.4. The molecular weight excluding hydrogens is 224 g/mol. The van der Waals surface area contributed by atoms with Crippen molar-refractivity contribution in [2.45, 2.75) is 53.1 Å². The molecule has 1 aliphatic rings. The second kappa shape index (κ2) is 5.18. The van der Waals surface area contributed by atoms with Crippen LogP contribution >= 0.6 is 0 Å². The average Bonchev–Trinajstić information content (AvgIpc) is 2.45. The Morgan fingerprint density at radius 1 is 1.22 bits per heavy atom. The highest BCUT2D eigenvalue weighted by molar-refractivity contribution is 5.16. The first kappa shape index (κ1) is 15.5. The fraction of sp³-hybridized carbons (Fsp3) is 0.750. The van der Waals surface area contributed by atoms with Crippen LogP contribution in [0.3, 0.4) is 0 Å². The summed E-state index contributed by atoms with van der Waals surface area (Å²) in [6, 6.07) is 0. The van der Waals surface area contributed by atoms with E-state index in [1.54, 1.807) is 19.9 Å². The van der Waals surface area contributed by atoms with Gasteiger partial charge in [-0.05, 0) is 43.4 Å². The highest BCUT2D eigenvalue weighted by Crippen LogP contribution is 2.56. The topological polar surface area (TPSA) is 40.5 Å². The second-order valence-electron chi connectivity index (χ2n) is 6.93. The van der Waals surface area contributed by atoms with Gasteiger partial charge in [0, 0.05) is 6.61 Å². The van der Waals surface area contributed by atoms with Crippen LogP contribution in [0, 0.1) is 16.7 Å². The van der Waals surface area contributed by atoms with E-state index in [0.717, 1.165) is 12.8 Å². The van der Waals surface area contributed by atoms with Crippen molar-refractivity contribution in [2.24, 2.45) is 16.7 Å². The van der Waals surface area contributed by atoms with Gasteiger partial charge in [0.05, 0.1) is 5.60 Å². The minimum Gasteiger partial charge on any atom is -0.396 e. The third-order valence-electron chi connectivity index (χ3n) is 4.80. The number of hydrogen-bond donors (Lipinski definition) is 2. The molecule has 2 atom stereocenters. The quantitative estimate of drug-likeness (QED) is 0.754. The van der Waals surface area contributed by atoms with Crippen LogP contribution in [0.15, 0.2) is 24.3 Å². The van der Waals surface area contributed by atoms with Crippen LogP contribution in [0.5, 0.6) is 0 Å². The van der Waals surface area contributed by atoms with Crippen molar-refractivity contribution < 1.29 is 10.2 Å². The van der Waals surface area contributed by atoms with Crippen molar-refractivity contribution in [3.8, 4) is 0 Å². The van der Waals surface area contributed by atoms with Gasteiger partial charge in [0.2, 0.25) is 0 Å². The van der Waals surface area contributed by atoms with E-state index in [-0.39, 0.29) is 17.4 Å². The standard InChI is InChI=1S/C16H28O2/c1-14(2,18)9-6-7-10-16(5)11-8-13(12-17)15(16,3)4/h6-7,9-10,13,17-18H,8,11-12H2,1-5H3/b9-6+,10-7+. The third kappa shape index (κ3) is 3.24. The molecule has 2 N–H and O–H groups in total. The lowest BCUT2D eigenvalue weighted by atomic mass is 9.66. The second-order valence-corrected chi connectivity index (χ2v) is 6.93. The van der Waals surface area contributed by atoms with Crippen LogP contribution in [0.1, 0.15) is 47.5 Å². The third-order valence-corrected chi connectivity index (χ3v) is 4.80. The van der Waals surface area contributed by atoms with E-state index in [0.29, 0.717) is 5.92 Å². The first-order valence-corrected chi connectivity index (χ1v) is 6.83. The Morgan fingerprint density at radius 2 is 1.83 bits per heavy atom. The van der Waals surface area contributed by atoms with Crippen LogP contribution in [0.25, 0.3) is 0 Å². The Hall–Kier alpha value is -0.600. The van der Waals surface area contributed by atoms with Crippen LogP contribution < -0.4 is 0 Å². The van der Waals surface area contributed by atoms with E-state index < -0.39 is 5.60 Å². The molecule has 1 aliphatic carbocycles. The van der Waals surface area contributed by atoms with Gasteiger partial charge in [0.1, 0.15) is 0 Å². The molecule has 104 valence electrons. The van der Waals surface area contributed by atoms with Crippen molar-refractivity contribution in [1.82, 2.24) is 0 Å². The first-order chi connectivity index (χ1) is 8.12. The Morgan fingerprint density at radius 3 is 2.28 bits per heavy atom. The maximum absolute atomic E-state index is 9.60. The summed E-state index contributed by atoms with van der Waals surface area (Å²) >= 11 is 0. The van der Waals surface area contributed by atoms with E-state index >= 15 is 0 Å². The lowest BCUT2D eigenvalue weighted by molar-refractivity contribution is 0.0861. The highest BCUT2D eigenvalue weighted by atomic mass is 16.3. The van der Waals surface area contributed by atoms with Crippen LogP contribution in [-0.2, 0) is 0 Å².